The maximum atomic E-state index is 11.6. The van der Waals surface area contributed by atoms with E-state index in [9.17, 15) is 9.59 Å². The third kappa shape index (κ3) is 2.48. The number of carbonyl (C=O) groups excluding carboxylic acids is 2. The lowest BCUT2D eigenvalue weighted by Gasteiger charge is -2.01. The van der Waals surface area contributed by atoms with Crippen LogP contribution in [-0.2, 0) is 4.74 Å². The predicted molar refractivity (Wildman–Crippen MR) is 68.2 cm³/mol. The first-order valence-corrected chi connectivity index (χ1v) is 5.88. The molecule has 0 saturated heterocycles. The van der Waals surface area contributed by atoms with E-state index in [1.54, 1.807) is 19.1 Å². The number of halogens is 1. The molecule has 0 fully saturated rings. The van der Waals surface area contributed by atoms with Crippen LogP contribution in [0.2, 0.25) is 5.02 Å². The Bertz CT molecular complexity index is 624. The molecule has 98 valence electrons. The number of esters is 1. The molecule has 0 aliphatic carbocycles. The summed E-state index contributed by atoms with van der Waals surface area (Å²) in [5.41, 5.74) is 0.634. The molecule has 2 aromatic rings. The van der Waals surface area contributed by atoms with Gasteiger partial charge in [-0.2, -0.15) is 5.10 Å². The van der Waals surface area contributed by atoms with E-state index in [-0.39, 0.29) is 23.6 Å². The van der Waals surface area contributed by atoms with Crippen LogP contribution in [0.1, 0.15) is 27.8 Å². The van der Waals surface area contributed by atoms with E-state index in [1.807, 2.05) is 0 Å². The Balaban J connectivity index is 2.52. The standard InChI is InChI=1S/C12H10ClN3O3/c1-2-19-12(18)10-7(6-17)9(15-16-10)11-8(13)4-3-5-14-11/h3-6H,2H2,1H3,(H,15,16). The number of hydrogen-bond acceptors (Lipinski definition) is 5. The molecule has 0 radical (unpaired) electrons. The Labute approximate surface area is 113 Å². The second kappa shape index (κ2) is 5.62. The first-order valence-electron chi connectivity index (χ1n) is 5.50. The smallest absolute Gasteiger partial charge is 0.357 e. The summed E-state index contributed by atoms with van der Waals surface area (Å²) in [5, 5.41) is 6.74. The fourth-order valence-electron chi connectivity index (χ4n) is 1.56. The SMILES string of the molecule is CCOC(=O)c1[nH]nc(-c2ncccc2Cl)c1C=O. The highest BCUT2D eigenvalue weighted by molar-refractivity contribution is 6.33. The Morgan fingerprint density at radius 1 is 1.53 bits per heavy atom. The minimum Gasteiger partial charge on any atom is -0.461 e. The summed E-state index contributed by atoms with van der Waals surface area (Å²) in [7, 11) is 0. The van der Waals surface area contributed by atoms with Crippen molar-refractivity contribution in [1.82, 2.24) is 15.2 Å². The van der Waals surface area contributed by atoms with Crippen molar-refractivity contribution in [3.63, 3.8) is 0 Å². The van der Waals surface area contributed by atoms with Gasteiger partial charge in [-0.3, -0.25) is 14.9 Å². The molecular weight excluding hydrogens is 270 g/mol. The van der Waals surface area contributed by atoms with Crippen molar-refractivity contribution in [2.75, 3.05) is 6.61 Å². The summed E-state index contributed by atoms with van der Waals surface area (Å²) < 4.78 is 4.83. The number of aromatic amines is 1. The molecular formula is C12H10ClN3O3. The van der Waals surface area contributed by atoms with Crippen LogP contribution in [0.3, 0.4) is 0 Å². The van der Waals surface area contributed by atoms with E-state index in [0.29, 0.717) is 17.0 Å². The number of aldehydes is 1. The molecule has 1 N–H and O–H groups in total. The fourth-order valence-corrected chi connectivity index (χ4v) is 1.78. The molecule has 19 heavy (non-hydrogen) atoms. The summed E-state index contributed by atoms with van der Waals surface area (Å²) in [6.07, 6.45) is 2.05. The molecule has 2 aromatic heterocycles. The van der Waals surface area contributed by atoms with Crippen molar-refractivity contribution in [1.29, 1.82) is 0 Å². The second-order valence-electron chi connectivity index (χ2n) is 3.53. The summed E-state index contributed by atoms with van der Waals surface area (Å²) >= 11 is 5.99. The first kappa shape index (κ1) is 13.2. The monoisotopic (exact) mass is 279 g/mol. The van der Waals surface area contributed by atoms with E-state index < -0.39 is 5.97 Å². The Morgan fingerprint density at radius 2 is 2.32 bits per heavy atom. The largest absolute Gasteiger partial charge is 0.461 e. The maximum Gasteiger partial charge on any atom is 0.357 e. The number of ether oxygens (including phenoxy) is 1. The summed E-state index contributed by atoms with van der Waals surface area (Å²) in [5.74, 6) is -0.643. The Hall–Kier alpha value is -2.21. The van der Waals surface area contributed by atoms with Gasteiger partial charge < -0.3 is 4.74 Å². The van der Waals surface area contributed by atoms with E-state index in [0.717, 1.165) is 0 Å². The maximum absolute atomic E-state index is 11.6. The molecule has 0 atom stereocenters. The van der Waals surface area contributed by atoms with E-state index in [1.165, 1.54) is 6.20 Å². The summed E-state index contributed by atoms with van der Waals surface area (Å²) in [6.45, 7) is 1.88. The van der Waals surface area contributed by atoms with Crippen molar-refractivity contribution in [3.8, 4) is 11.4 Å². The lowest BCUT2D eigenvalue weighted by Crippen LogP contribution is -2.07. The summed E-state index contributed by atoms with van der Waals surface area (Å²) in [6, 6.07) is 3.28. The lowest BCUT2D eigenvalue weighted by atomic mass is 10.1. The van der Waals surface area contributed by atoms with Gasteiger partial charge in [0, 0.05) is 6.20 Å². The van der Waals surface area contributed by atoms with Crippen LogP contribution >= 0.6 is 11.6 Å². The number of rotatable bonds is 4. The zero-order valence-electron chi connectivity index (χ0n) is 10.0. The minimum absolute atomic E-state index is 0.00595. The van der Waals surface area contributed by atoms with Crippen LogP contribution in [0, 0.1) is 0 Å². The predicted octanol–water partition coefficient (Wildman–Crippen LogP) is 2.11. The molecule has 0 unspecified atom stereocenters. The molecule has 0 aromatic carbocycles. The molecule has 0 spiro atoms. The van der Waals surface area contributed by atoms with Gasteiger partial charge in [-0.15, -0.1) is 0 Å². The average molecular weight is 280 g/mol. The van der Waals surface area contributed by atoms with Crippen molar-refractivity contribution in [2.24, 2.45) is 0 Å². The molecule has 6 nitrogen and oxygen atoms in total. The molecule has 0 bridgehead atoms. The second-order valence-corrected chi connectivity index (χ2v) is 3.94. The topological polar surface area (TPSA) is 84.9 Å². The number of nitrogens with one attached hydrogen (secondary N) is 1. The van der Waals surface area contributed by atoms with Gasteiger partial charge in [-0.1, -0.05) is 11.6 Å². The van der Waals surface area contributed by atoms with Crippen LogP contribution in [-0.4, -0.2) is 34.0 Å². The third-order valence-electron chi connectivity index (χ3n) is 2.38. The Morgan fingerprint density at radius 3 is 2.95 bits per heavy atom. The van der Waals surface area contributed by atoms with Gasteiger partial charge in [-0.05, 0) is 19.1 Å². The number of aromatic nitrogens is 3. The van der Waals surface area contributed by atoms with Gasteiger partial charge in [0.15, 0.2) is 12.0 Å². The highest BCUT2D eigenvalue weighted by atomic mass is 35.5. The zero-order chi connectivity index (χ0) is 13.8. The van der Waals surface area contributed by atoms with E-state index in [2.05, 4.69) is 15.2 Å². The van der Waals surface area contributed by atoms with Crippen LogP contribution < -0.4 is 0 Å². The van der Waals surface area contributed by atoms with Crippen molar-refractivity contribution < 1.29 is 14.3 Å². The molecule has 2 heterocycles. The number of nitrogens with zero attached hydrogens (tertiary/aromatic N) is 2. The minimum atomic E-state index is -0.643. The van der Waals surface area contributed by atoms with Crippen LogP contribution in [0.5, 0.6) is 0 Å². The number of pyridine rings is 1. The molecule has 2 rings (SSSR count). The Kier molecular flexibility index (Phi) is 3.91. The number of H-pyrrole nitrogens is 1. The number of hydrogen-bond donors (Lipinski definition) is 1. The van der Waals surface area contributed by atoms with Gasteiger partial charge >= 0.3 is 5.97 Å². The molecule has 0 aliphatic heterocycles. The molecule has 0 amide bonds. The average Bonchev–Trinajstić information content (AvgIpc) is 2.83. The lowest BCUT2D eigenvalue weighted by molar-refractivity contribution is 0.0517. The van der Waals surface area contributed by atoms with Gasteiger partial charge in [0.2, 0.25) is 0 Å². The highest BCUT2D eigenvalue weighted by Crippen LogP contribution is 2.27. The van der Waals surface area contributed by atoms with E-state index in [4.69, 9.17) is 16.3 Å². The van der Waals surface area contributed by atoms with Crippen LogP contribution in [0.4, 0.5) is 0 Å². The van der Waals surface area contributed by atoms with Crippen molar-refractivity contribution in [2.45, 2.75) is 6.92 Å². The normalized spacial score (nSPS) is 10.2. The van der Waals surface area contributed by atoms with Gasteiger partial charge in [-0.25, -0.2) is 4.79 Å². The third-order valence-corrected chi connectivity index (χ3v) is 2.69. The number of carbonyl (C=O) groups is 2. The zero-order valence-corrected chi connectivity index (χ0v) is 10.8. The van der Waals surface area contributed by atoms with Crippen LogP contribution in [0.15, 0.2) is 18.3 Å². The first-order chi connectivity index (χ1) is 9.19. The molecule has 0 saturated carbocycles. The van der Waals surface area contributed by atoms with Gasteiger partial charge in [0.05, 0.1) is 17.2 Å². The molecule has 0 aliphatic rings. The molecule has 7 heteroatoms. The van der Waals surface area contributed by atoms with Crippen LogP contribution in [0.25, 0.3) is 11.4 Å². The van der Waals surface area contributed by atoms with Gasteiger partial charge in [0.1, 0.15) is 11.4 Å². The summed E-state index contributed by atoms with van der Waals surface area (Å²) in [4.78, 5) is 26.9. The van der Waals surface area contributed by atoms with Crippen molar-refractivity contribution in [3.05, 3.63) is 34.6 Å². The van der Waals surface area contributed by atoms with E-state index >= 15 is 0 Å². The fraction of sp³-hybridized carbons (Fsp3) is 0.167. The highest BCUT2D eigenvalue weighted by Gasteiger charge is 2.22. The quantitative estimate of drug-likeness (QED) is 0.684. The van der Waals surface area contributed by atoms with Gasteiger partial charge in [0.25, 0.3) is 0 Å². The van der Waals surface area contributed by atoms with Crippen molar-refractivity contribution >= 4 is 23.9 Å².